The van der Waals surface area contributed by atoms with Crippen molar-refractivity contribution in [3.8, 4) is 5.75 Å². The first-order valence-electron chi connectivity index (χ1n) is 9.49. The van der Waals surface area contributed by atoms with Gasteiger partial charge in [0.15, 0.2) is 0 Å². The molecule has 0 saturated heterocycles. The Hall–Kier alpha value is -2.00. The summed E-state index contributed by atoms with van der Waals surface area (Å²) in [6, 6.07) is 15.2. The van der Waals surface area contributed by atoms with E-state index in [1.54, 1.807) is 0 Å². The van der Waals surface area contributed by atoms with E-state index in [0.717, 1.165) is 24.2 Å². The zero-order chi connectivity index (χ0) is 18.2. The quantitative estimate of drug-likeness (QED) is 0.725. The van der Waals surface area contributed by atoms with E-state index >= 15 is 0 Å². The summed E-state index contributed by atoms with van der Waals surface area (Å²) in [4.78, 5) is 12.5. The van der Waals surface area contributed by atoms with Crippen molar-refractivity contribution in [2.24, 2.45) is 0 Å². The number of amides is 1. The third-order valence-corrected chi connectivity index (χ3v) is 5.28. The summed E-state index contributed by atoms with van der Waals surface area (Å²) in [7, 11) is 0. The summed E-state index contributed by atoms with van der Waals surface area (Å²) in [6.07, 6.45) is 8.49. The number of carbonyl (C=O) groups excluding carboxylic acids is 1. The highest BCUT2D eigenvalue weighted by Crippen LogP contribution is 2.20. The zero-order valence-electron chi connectivity index (χ0n) is 15.0. The van der Waals surface area contributed by atoms with Crippen LogP contribution in [0.25, 0.3) is 0 Å². The lowest BCUT2D eigenvalue weighted by Crippen LogP contribution is -2.35. The van der Waals surface area contributed by atoms with Gasteiger partial charge >= 0.3 is 0 Å². The molecule has 0 bridgehead atoms. The Balaban J connectivity index is 1.53. The SMILES string of the molecule is O=C(NC1CCCCCCC1)c1ccc(OCc2ccccc2Cl)cc1. The molecule has 26 heavy (non-hydrogen) atoms. The van der Waals surface area contributed by atoms with E-state index in [-0.39, 0.29) is 5.91 Å². The van der Waals surface area contributed by atoms with Gasteiger partial charge in [-0.15, -0.1) is 0 Å². The van der Waals surface area contributed by atoms with Gasteiger partial charge in [0, 0.05) is 22.2 Å². The van der Waals surface area contributed by atoms with Crippen LogP contribution in [0.2, 0.25) is 5.02 Å². The Morgan fingerprint density at radius 1 is 0.962 bits per heavy atom. The highest BCUT2D eigenvalue weighted by Gasteiger charge is 2.15. The molecular weight excluding hydrogens is 346 g/mol. The third kappa shape index (κ3) is 5.50. The lowest BCUT2D eigenvalue weighted by atomic mass is 9.96. The fourth-order valence-electron chi connectivity index (χ4n) is 3.35. The van der Waals surface area contributed by atoms with E-state index in [0.29, 0.717) is 23.2 Å². The molecule has 138 valence electrons. The van der Waals surface area contributed by atoms with Crippen molar-refractivity contribution in [2.75, 3.05) is 0 Å². The van der Waals surface area contributed by atoms with Gasteiger partial charge in [-0.2, -0.15) is 0 Å². The molecule has 1 aliphatic carbocycles. The fourth-order valence-corrected chi connectivity index (χ4v) is 3.54. The second kappa shape index (κ2) is 9.63. The Morgan fingerprint density at radius 3 is 2.31 bits per heavy atom. The van der Waals surface area contributed by atoms with Gasteiger partial charge in [0.1, 0.15) is 12.4 Å². The molecule has 0 atom stereocenters. The van der Waals surface area contributed by atoms with Crippen molar-refractivity contribution in [1.29, 1.82) is 0 Å². The molecule has 4 heteroatoms. The van der Waals surface area contributed by atoms with Crippen molar-refractivity contribution in [3.63, 3.8) is 0 Å². The van der Waals surface area contributed by atoms with Crippen LogP contribution in [0.3, 0.4) is 0 Å². The Morgan fingerprint density at radius 2 is 1.62 bits per heavy atom. The van der Waals surface area contributed by atoms with Crippen molar-refractivity contribution in [3.05, 3.63) is 64.7 Å². The van der Waals surface area contributed by atoms with Crippen LogP contribution in [0, 0.1) is 0 Å². The van der Waals surface area contributed by atoms with Crippen LogP contribution in [0.1, 0.15) is 60.9 Å². The van der Waals surface area contributed by atoms with Gasteiger partial charge in [-0.25, -0.2) is 0 Å². The van der Waals surface area contributed by atoms with Crippen molar-refractivity contribution in [1.82, 2.24) is 5.32 Å². The lowest BCUT2D eigenvalue weighted by Gasteiger charge is -2.21. The minimum atomic E-state index is 0.00762. The van der Waals surface area contributed by atoms with Crippen molar-refractivity contribution in [2.45, 2.75) is 57.6 Å². The van der Waals surface area contributed by atoms with Crippen LogP contribution >= 0.6 is 11.6 Å². The van der Waals surface area contributed by atoms with Crippen LogP contribution in [0.4, 0.5) is 0 Å². The van der Waals surface area contributed by atoms with Crippen LogP contribution in [0.5, 0.6) is 5.75 Å². The summed E-state index contributed by atoms with van der Waals surface area (Å²) >= 11 is 6.14. The van der Waals surface area contributed by atoms with E-state index in [1.807, 2.05) is 48.5 Å². The second-order valence-corrected chi connectivity index (χ2v) is 7.33. The summed E-state index contributed by atoms with van der Waals surface area (Å²) in [5.41, 5.74) is 1.62. The Kier molecular flexibility index (Phi) is 6.96. The molecular formula is C22H26ClNO2. The monoisotopic (exact) mass is 371 g/mol. The van der Waals surface area contributed by atoms with Crippen LogP contribution in [0.15, 0.2) is 48.5 Å². The molecule has 0 unspecified atom stereocenters. The molecule has 1 aliphatic rings. The van der Waals surface area contributed by atoms with Gasteiger partial charge in [0.2, 0.25) is 0 Å². The molecule has 0 aliphatic heterocycles. The van der Waals surface area contributed by atoms with Crippen LogP contribution in [-0.4, -0.2) is 11.9 Å². The maximum Gasteiger partial charge on any atom is 0.251 e. The largest absolute Gasteiger partial charge is 0.489 e. The van der Waals surface area contributed by atoms with E-state index in [9.17, 15) is 4.79 Å². The average Bonchev–Trinajstić information content (AvgIpc) is 2.63. The Bertz CT molecular complexity index is 706. The number of nitrogens with one attached hydrogen (secondary N) is 1. The molecule has 3 rings (SSSR count). The smallest absolute Gasteiger partial charge is 0.251 e. The summed E-state index contributed by atoms with van der Waals surface area (Å²) in [5, 5.41) is 3.89. The van der Waals surface area contributed by atoms with Crippen LogP contribution < -0.4 is 10.1 Å². The second-order valence-electron chi connectivity index (χ2n) is 6.92. The maximum atomic E-state index is 12.5. The van der Waals surface area contributed by atoms with Gasteiger partial charge in [0.25, 0.3) is 5.91 Å². The number of hydrogen-bond acceptors (Lipinski definition) is 2. The fraction of sp³-hybridized carbons (Fsp3) is 0.409. The molecule has 0 aromatic heterocycles. The summed E-state index contributed by atoms with van der Waals surface area (Å²) in [6.45, 7) is 0.410. The molecule has 0 heterocycles. The number of benzene rings is 2. The number of hydrogen-bond donors (Lipinski definition) is 1. The highest BCUT2D eigenvalue weighted by molar-refractivity contribution is 6.31. The van der Waals surface area contributed by atoms with E-state index in [4.69, 9.17) is 16.3 Å². The van der Waals surface area contributed by atoms with E-state index in [2.05, 4.69) is 5.32 Å². The third-order valence-electron chi connectivity index (χ3n) is 4.91. The molecule has 2 aromatic carbocycles. The van der Waals surface area contributed by atoms with Gasteiger partial charge < -0.3 is 10.1 Å². The van der Waals surface area contributed by atoms with Crippen LogP contribution in [-0.2, 0) is 6.61 Å². The first-order valence-corrected chi connectivity index (χ1v) is 9.87. The van der Waals surface area contributed by atoms with E-state index in [1.165, 1.54) is 32.1 Å². The van der Waals surface area contributed by atoms with Gasteiger partial charge in [0.05, 0.1) is 0 Å². The first-order chi connectivity index (χ1) is 12.7. The molecule has 3 nitrogen and oxygen atoms in total. The predicted octanol–water partition coefficient (Wildman–Crippen LogP) is 5.76. The number of carbonyl (C=O) groups is 1. The highest BCUT2D eigenvalue weighted by atomic mass is 35.5. The van der Waals surface area contributed by atoms with Gasteiger partial charge in [-0.1, -0.05) is 61.9 Å². The topological polar surface area (TPSA) is 38.3 Å². The molecule has 0 radical (unpaired) electrons. The van der Waals surface area contributed by atoms with Gasteiger partial charge in [-0.05, 0) is 43.2 Å². The number of ether oxygens (including phenoxy) is 1. The average molecular weight is 372 g/mol. The zero-order valence-corrected chi connectivity index (χ0v) is 15.8. The normalized spacial score (nSPS) is 15.7. The number of rotatable bonds is 5. The molecule has 1 N–H and O–H groups in total. The molecule has 1 saturated carbocycles. The standard InChI is InChI=1S/C22H26ClNO2/c23-21-11-7-6-8-18(21)16-26-20-14-12-17(13-15-20)22(25)24-19-9-4-2-1-3-5-10-19/h6-8,11-15,19H,1-5,9-10,16H2,(H,24,25). The maximum absolute atomic E-state index is 12.5. The molecule has 2 aromatic rings. The lowest BCUT2D eigenvalue weighted by molar-refractivity contribution is 0.0930. The summed E-state index contributed by atoms with van der Waals surface area (Å²) in [5.74, 6) is 0.737. The van der Waals surface area contributed by atoms with E-state index < -0.39 is 0 Å². The predicted molar refractivity (Wildman–Crippen MR) is 106 cm³/mol. The first kappa shape index (κ1) is 18.8. The minimum absolute atomic E-state index is 0.00762. The Labute approximate surface area is 160 Å². The van der Waals surface area contributed by atoms with Crippen molar-refractivity contribution < 1.29 is 9.53 Å². The molecule has 1 fully saturated rings. The van der Waals surface area contributed by atoms with Gasteiger partial charge in [-0.3, -0.25) is 4.79 Å². The molecule has 0 spiro atoms. The van der Waals surface area contributed by atoms with Crippen molar-refractivity contribution >= 4 is 17.5 Å². The number of halogens is 1. The summed E-state index contributed by atoms with van der Waals surface area (Å²) < 4.78 is 5.77. The minimum Gasteiger partial charge on any atom is -0.489 e. The molecule has 1 amide bonds.